The Bertz CT molecular complexity index is 1150. The minimum atomic E-state index is -0.473. The first kappa shape index (κ1) is 19.9. The monoisotopic (exact) mass is 427 g/mol. The van der Waals surface area contributed by atoms with Crippen LogP contribution in [0.1, 0.15) is 12.0 Å². The molecule has 9 heteroatoms. The van der Waals surface area contributed by atoms with E-state index in [0.717, 1.165) is 18.4 Å². The van der Waals surface area contributed by atoms with Crippen molar-refractivity contribution in [3.05, 3.63) is 65.5 Å². The van der Waals surface area contributed by atoms with Crippen molar-refractivity contribution in [2.75, 3.05) is 19.0 Å². The Labute approximate surface area is 177 Å². The number of nitrogens with one attached hydrogen (secondary N) is 2. The van der Waals surface area contributed by atoms with E-state index in [2.05, 4.69) is 25.5 Å². The molecule has 30 heavy (non-hydrogen) atoms. The van der Waals surface area contributed by atoms with Crippen LogP contribution in [0.15, 0.2) is 49.1 Å². The molecule has 4 aromatic rings. The minimum absolute atomic E-state index is 0.262. The first-order chi connectivity index (χ1) is 14.6. The highest BCUT2D eigenvalue weighted by Crippen LogP contribution is 2.35. The van der Waals surface area contributed by atoms with Crippen LogP contribution in [0.5, 0.6) is 11.5 Å². The van der Waals surface area contributed by atoms with Crippen LogP contribution in [-0.2, 0) is 6.42 Å². The molecule has 7 nitrogen and oxygen atoms in total. The number of aryl methyl sites for hydroxylation is 1. The zero-order chi connectivity index (χ0) is 20.9. The first-order valence-electron chi connectivity index (χ1n) is 9.29. The highest BCUT2D eigenvalue weighted by Gasteiger charge is 2.13. The van der Waals surface area contributed by atoms with Gasteiger partial charge in [-0.05, 0) is 42.7 Å². The second-order valence-electron chi connectivity index (χ2n) is 6.55. The number of hydrogen-bond acceptors (Lipinski definition) is 6. The maximum absolute atomic E-state index is 14.2. The Hall–Kier alpha value is -3.39. The van der Waals surface area contributed by atoms with Crippen molar-refractivity contribution in [3.63, 3.8) is 0 Å². The molecule has 2 aromatic carbocycles. The number of aromatic amines is 1. The van der Waals surface area contributed by atoms with Crippen LogP contribution in [0.4, 0.5) is 15.9 Å². The Kier molecular flexibility index (Phi) is 5.94. The third-order valence-electron chi connectivity index (χ3n) is 4.53. The molecule has 0 atom stereocenters. The lowest BCUT2D eigenvalue weighted by atomic mass is 10.2. The molecule has 2 N–H and O–H groups in total. The summed E-state index contributed by atoms with van der Waals surface area (Å²) in [6.07, 6.45) is 6.76. The van der Waals surface area contributed by atoms with Crippen LogP contribution in [0.3, 0.4) is 0 Å². The molecule has 0 unspecified atom stereocenters. The van der Waals surface area contributed by atoms with Crippen LogP contribution in [0, 0.1) is 5.82 Å². The van der Waals surface area contributed by atoms with E-state index < -0.39 is 5.82 Å². The summed E-state index contributed by atoms with van der Waals surface area (Å²) in [4.78, 5) is 8.56. The molecule has 0 aliphatic heterocycles. The van der Waals surface area contributed by atoms with Gasteiger partial charge >= 0.3 is 0 Å². The van der Waals surface area contributed by atoms with Crippen molar-refractivity contribution in [1.82, 2.24) is 20.2 Å². The zero-order valence-electron chi connectivity index (χ0n) is 16.2. The summed E-state index contributed by atoms with van der Waals surface area (Å²) in [5.41, 5.74) is 2.03. The molecule has 0 saturated carbocycles. The molecule has 0 aliphatic carbocycles. The lowest BCUT2D eigenvalue weighted by molar-refractivity contribution is 0.290. The summed E-state index contributed by atoms with van der Waals surface area (Å²) in [7, 11) is 1.56. The topological polar surface area (TPSA) is 84.9 Å². The summed E-state index contributed by atoms with van der Waals surface area (Å²) < 4.78 is 25.6. The van der Waals surface area contributed by atoms with E-state index in [1.165, 1.54) is 12.4 Å². The number of ether oxygens (including phenoxy) is 2. The van der Waals surface area contributed by atoms with Gasteiger partial charge in [-0.2, -0.15) is 5.10 Å². The van der Waals surface area contributed by atoms with E-state index in [-0.39, 0.29) is 5.69 Å². The third kappa shape index (κ3) is 4.44. The van der Waals surface area contributed by atoms with Crippen molar-refractivity contribution in [2.24, 2.45) is 0 Å². The minimum Gasteiger partial charge on any atom is -0.493 e. The fraction of sp³-hybridized carbons (Fsp3) is 0.190. The van der Waals surface area contributed by atoms with E-state index in [1.54, 1.807) is 37.6 Å². The van der Waals surface area contributed by atoms with Gasteiger partial charge in [-0.15, -0.1) is 0 Å². The van der Waals surface area contributed by atoms with Crippen molar-refractivity contribution in [2.45, 2.75) is 12.8 Å². The quantitative estimate of drug-likeness (QED) is 0.389. The van der Waals surface area contributed by atoms with E-state index in [1.807, 2.05) is 6.20 Å². The summed E-state index contributed by atoms with van der Waals surface area (Å²) in [6, 6.07) is 7.96. The van der Waals surface area contributed by atoms with Gasteiger partial charge in [0.15, 0.2) is 11.5 Å². The molecule has 154 valence electrons. The Morgan fingerprint density at radius 2 is 2.07 bits per heavy atom. The van der Waals surface area contributed by atoms with Gasteiger partial charge in [-0.25, -0.2) is 14.4 Å². The van der Waals surface area contributed by atoms with Crippen LogP contribution in [0.2, 0.25) is 5.02 Å². The van der Waals surface area contributed by atoms with Gasteiger partial charge in [-0.1, -0.05) is 11.6 Å². The SMILES string of the molecule is COc1cc2c(Nc3ccc(Cl)cc3F)ncnc2cc1OCCCc1cn[nH]c1. The van der Waals surface area contributed by atoms with Gasteiger partial charge in [0.1, 0.15) is 18.0 Å². The highest BCUT2D eigenvalue weighted by molar-refractivity contribution is 6.30. The number of fused-ring (bicyclic) bond motifs is 1. The number of nitrogens with zero attached hydrogens (tertiary/aromatic N) is 3. The van der Waals surface area contributed by atoms with Gasteiger partial charge in [0, 0.05) is 22.7 Å². The summed E-state index contributed by atoms with van der Waals surface area (Å²) >= 11 is 5.82. The van der Waals surface area contributed by atoms with Crippen molar-refractivity contribution < 1.29 is 13.9 Å². The Morgan fingerprint density at radius 3 is 2.83 bits per heavy atom. The smallest absolute Gasteiger partial charge is 0.163 e. The van der Waals surface area contributed by atoms with Crippen LogP contribution in [-0.4, -0.2) is 33.9 Å². The average molecular weight is 428 g/mol. The van der Waals surface area contributed by atoms with Gasteiger partial charge in [-0.3, -0.25) is 5.10 Å². The number of H-pyrrole nitrogens is 1. The van der Waals surface area contributed by atoms with Gasteiger partial charge in [0.25, 0.3) is 0 Å². The van der Waals surface area contributed by atoms with Crippen LogP contribution < -0.4 is 14.8 Å². The Morgan fingerprint density at radius 1 is 1.17 bits per heavy atom. The number of rotatable bonds is 8. The van der Waals surface area contributed by atoms with Crippen molar-refractivity contribution in [3.8, 4) is 11.5 Å². The van der Waals surface area contributed by atoms with E-state index in [0.29, 0.717) is 39.8 Å². The molecular weight excluding hydrogens is 409 g/mol. The number of hydrogen-bond donors (Lipinski definition) is 2. The summed E-state index contributed by atoms with van der Waals surface area (Å²) in [6.45, 7) is 0.513. The predicted octanol–water partition coefficient (Wildman–Crippen LogP) is 4.91. The molecule has 0 fully saturated rings. The van der Waals surface area contributed by atoms with Crippen molar-refractivity contribution in [1.29, 1.82) is 0 Å². The second kappa shape index (κ2) is 8.96. The number of methoxy groups -OCH3 is 1. The molecule has 0 bridgehead atoms. The molecule has 0 saturated heterocycles. The molecular formula is C21H19ClFN5O2. The number of aromatic nitrogens is 4. The predicted molar refractivity (Wildman–Crippen MR) is 113 cm³/mol. The lowest BCUT2D eigenvalue weighted by Gasteiger charge is -2.14. The summed E-state index contributed by atoms with van der Waals surface area (Å²) in [5.74, 6) is 1.10. The Balaban J connectivity index is 1.55. The highest BCUT2D eigenvalue weighted by atomic mass is 35.5. The average Bonchev–Trinajstić information content (AvgIpc) is 3.26. The standard InChI is InChI=1S/C21H19ClFN5O2/c1-29-19-8-15-18(9-20(19)30-6-2-3-13-10-26-27-11-13)24-12-25-21(15)28-17-5-4-14(22)7-16(17)23/h4-5,7-12H,2-3,6H2,1H3,(H,26,27)(H,24,25,28). The molecule has 2 aromatic heterocycles. The second-order valence-corrected chi connectivity index (χ2v) is 6.99. The van der Waals surface area contributed by atoms with Gasteiger partial charge in [0.05, 0.1) is 31.1 Å². The molecule has 2 heterocycles. The van der Waals surface area contributed by atoms with Crippen LogP contribution >= 0.6 is 11.6 Å². The fourth-order valence-electron chi connectivity index (χ4n) is 3.03. The molecule has 0 amide bonds. The largest absolute Gasteiger partial charge is 0.493 e. The van der Waals surface area contributed by atoms with E-state index in [9.17, 15) is 4.39 Å². The molecule has 0 aliphatic rings. The maximum atomic E-state index is 14.2. The van der Waals surface area contributed by atoms with E-state index in [4.69, 9.17) is 21.1 Å². The lowest BCUT2D eigenvalue weighted by Crippen LogP contribution is -2.02. The van der Waals surface area contributed by atoms with Crippen molar-refractivity contribution >= 4 is 34.0 Å². The fourth-order valence-corrected chi connectivity index (χ4v) is 3.19. The number of anilines is 2. The molecule has 0 spiro atoms. The number of benzene rings is 2. The zero-order valence-corrected chi connectivity index (χ0v) is 16.9. The van der Waals surface area contributed by atoms with Gasteiger partial charge in [0.2, 0.25) is 0 Å². The van der Waals surface area contributed by atoms with Crippen LogP contribution in [0.25, 0.3) is 10.9 Å². The normalized spacial score (nSPS) is 10.9. The number of halogens is 2. The molecule has 0 radical (unpaired) electrons. The first-order valence-corrected chi connectivity index (χ1v) is 9.67. The third-order valence-corrected chi connectivity index (χ3v) is 4.76. The molecule has 4 rings (SSSR count). The van der Waals surface area contributed by atoms with E-state index >= 15 is 0 Å². The summed E-state index contributed by atoms with van der Waals surface area (Å²) in [5, 5.41) is 10.7. The van der Waals surface area contributed by atoms with Gasteiger partial charge < -0.3 is 14.8 Å². The maximum Gasteiger partial charge on any atom is 0.163 e.